The Hall–Kier alpha value is -2.51. The first-order valence-corrected chi connectivity index (χ1v) is 12.8. The minimum Gasteiger partial charge on any atom is -0.256 e. The van der Waals surface area contributed by atoms with Crippen LogP contribution in [0.4, 0.5) is 18.2 Å². The van der Waals surface area contributed by atoms with Crippen LogP contribution in [0.15, 0.2) is 57.9 Å². The molecule has 0 saturated heterocycles. The number of nitrogens with zero attached hydrogens (tertiary/aromatic N) is 4. The van der Waals surface area contributed by atoms with Gasteiger partial charge in [-0.15, -0.1) is 16.4 Å². The van der Waals surface area contributed by atoms with Crippen molar-refractivity contribution in [3.63, 3.8) is 0 Å². The van der Waals surface area contributed by atoms with Crippen LogP contribution < -0.4 is 4.31 Å². The van der Waals surface area contributed by atoms with Gasteiger partial charge in [0, 0.05) is 28.6 Å². The van der Waals surface area contributed by atoms with Crippen molar-refractivity contribution in [1.29, 1.82) is 0 Å². The van der Waals surface area contributed by atoms with Gasteiger partial charge in [0.15, 0.2) is 5.82 Å². The summed E-state index contributed by atoms with van der Waals surface area (Å²) < 4.78 is 67.6. The molecule has 33 heavy (non-hydrogen) atoms. The molecule has 0 unspecified atom stereocenters. The zero-order valence-electron chi connectivity index (χ0n) is 16.9. The summed E-state index contributed by atoms with van der Waals surface area (Å²) in [5.74, 6) is 0.384. The lowest BCUT2D eigenvalue weighted by Gasteiger charge is -2.24. The Labute approximate surface area is 199 Å². The van der Waals surface area contributed by atoms with E-state index in [9.17, 15) is 21.6 Å². The summed E-state index contributed by atoms with van der Waals surface area (Å²) in [6, 6.07) is 13.4. The molecule has 0 aliphatic carbocycles. The van der Waals surface area contributed by atoms with Crippen LogP contribution in [0.1, 0.15) is 19.3 Å². The predicted octanol–water partition coefficient (Wildman–Crippen LogP) is 5.77. The highest BCUT2D eigenvalue weighted by atomic mass is 79.9. The molecule has 0 aliphatic rings. The molecular weight excluding hydrogens is 543 g/mol. The second-order valence-corrected chi connectivity index (χ2v) is 10.8. The predicted molar refractivity (Wildman–Crippen MR) is 124 cm³/mol. The molecule has 174 valence electrons. The molecule has 0 radical (unpaired) electrons. The van der Waals surface area contributed by atoms with E-state index in [2.05, 4.69) is 36.6 Å². The van der Waals surface area contributed by atoms with E-state index >= 15 is 0 Å². The smallest absolute Gasteiger partial charge is 0.256 e. The minimum atomic E-state index is -4.28. The van der Waals surface area contributed by atoms with Gasteiger partial charge < -0.3 is 0 Å². The van der Waals surface area contributed by atoms with E-state index in [0.717, 1.165) is 10.1 Å². The number of hydrogen-bond acceptors (Lipinski definition) is 6. The fraction of sp³-hybridized carbons (Fsp3) is 0.250. The van der Waals surface area contributed by atoms with Crippen LogP contribution in [0.2, 0.25) is 0 Å². The maximum Gasteiger partial charge on any atom is 0.389 e. The second-order valence-electron chi connectivity index (χ2n) is 7.14. The maximum absolute atomic E-state index is 13.6. The number of halogens is 4. The summed E-state index contributed by atoms with van der Waals surface area (Å²) in [4.78, 5) is 0.0129. The lowest BCUT2D eigenvalue weighted by Crippen LogP contribution is -2.31. The number of anilines is 1. The SMILES string of the molecule is O=S(=O)(c1ccc(-c2nnn[nH]2)cc1)N(CCCCC(F)(F)F)c1sc2ccccc2c1Br. The van der Waals surface area contributed by atoms with Gasteiger partial charge in [-0.2, -0.15) is 13.2 Å². The fourth-order valence-electron chi connectivity index (χ4n) is 3.27. The van der Waals surface area contributed by atoms with Crippen LogP contribution in [0.5, 0.6) is 0 Å². The Morgan fingerprint density at radius 2 is 1.79 bits per heavy atom. The van der Waals surface area contributed by atoms with Crippen molar-refractivity contribution in [3.05, 3.63) is 53.0 Å². The number of alkyl halides is 3. The Balaban J connectivity index is 1.68. The molecule has 1 N–H and O–H groups in total. The number of nitrogens with one attached hydrogen (secondary N) is 1. The average molecular weight is 560 g/mol. The summed E-state index contributed by atoms with van der Waals surface area (Å²) in [5.41, 5.74) is 0.596. The number of rotatable bonds is 8. The Morgan fingerprint density at radius 3 is 2.42 bits per heavy atom. The average Bonchev–Trinajstić information content (AvgIpc) is 3.42. The summed E-state index contributed by atoms with van der Waals surface area (Å²) in [7, 11) is -4.06. The first-order chi connectivity index (χ1) is 15.7. The van der Waals surface area contributed by atoms with Crippen LogP contribution in [0.3, 0.4) is 0 Å². The van der Waals surface area contributed by atoms with Crippen molar-refractivity contribution in [2.24, 2.45) is 0 Å². The van der Waals surface area contributed by atoms with Crippen LogP contribution >= 0.6 is 27.3 Å². The normalized spacial score (nSPS) is 12.4. The van der Waals surface area contributed by atoms with Gasteiger partial charge in [0.25, 0.3) is 10.0 Å². The molecular formula is C20H17BrF3N5O2S2. The van der Waals surface area contributed by atoms with E-state index in [-0.39, 0.29) is 24.3 Å². The number of aromatic nitrogens is 4. The molecule has 0 fully saturated rings. The molecule has 0 atom stereocenters. The van der Waals surface area contributed by atoms with E-state index in [0.29, 0.717) is 20.9 Å². The van der Waals surface area contributed by atoms with Crippen LogP contribution in [0.25, 0.3) is 21.5 Å². The van der Waals surface area contributed by atoms with Gasteiger partial charge in [0.1, 0.15) is 5.00 Å². The number of aromatic amines is 1. The number of unbranched alkanes of at least 4 members (excludes halogenated alkanes) is 1. The van der Waals surface area contributed by atoms with E-state index in [1.54, 1.807) is 12.1 Å². The third-order valence-electron chi connectivity index (χ3n) is 4.88. The zero-order valence-corrected chi connectivity index (χ0v) is 20.1. The van der Waals surface area contributed by atoms with Crippen molar-refractivity contribution >= 4 is 52.4 Å². The van der Waals surface area contributed by atoms with Crippen LogP contribution in [0, 0.1) is 0 Å². The van der Waals surface area contributed by atoms with Crippen molar-refractivity contribution < 1.29 is 21.6 Å². The van der Waals surface area contributed by atoms with E-state index in [4.69, 9.17) is 0 Å². The third-order valence-corrected chi connectivity index (χ3v) is 9.06. The van der Waals surface area contributed by atoms with Crippen LogP contribution in [-0.2, 0) is 10.0 Å². The first-order valence-electron chi connectivity index (χ1n) is 9.77. The number of benzene rings is 2. The molecule has 13 heteroatoms. The van der Waals surface area contributed by atoms with E-state index < -0.39 is 22.6 Å². The third kappa shape index (κ3) is 5.20. The van der Waals surface area contributed by atoms with Gasteiger partial charge >= 0.3 is 6.18 Å². The molecule has 4 rings (SSSR count). The van der Waals surface area contributed by atoms with Gasteiger partial charge in [0.05, 0.1) is 9.37 Å². The highest BCUT2D eigenvalue weighted by Crippen LogP contribution is 2.44. The molecule has 7 nitrogen and oxygen atoms in total. The minimum absolute atomic E-state index is 0.0129. The quantitative estimate of drug-likeness (QED) is 0.276. The summed E-state index contributed by atoms with van der Waals surface area (Å²) in [5, 5.41) is 14.6. The van der Waals surface area contributed by atoms with Gasteiger partial charge in [-0.3, -0.25) is 4.31 Å². The topological polar surface area (TPSA) is 91.8 Å². The van der Waals surface area contributed by atoms with Crippen molar-refractivity contribution in [2.45, 2.75) is 30.3 Å². The van der Waals surface area contributed by atoms with E-state index in [1.165, 1.54) is 27.8 Å². The number of tetrazole rings is 1. The summed E-state index contributed by atoms with van der Waals surface area (Å²) in [6.45, 7) is -0.0857. The zero-order chi connectivity index (χ0) is 23.6. The van der Waals surface area contributed by atoms with Gasteiger partial charge in [-0.1, -0.05) is 18.2 Å². The summed E-state index contributed by atoms with van der Waals surface area (Å²) in [6.07, 6.45) is -5.36. The second kappa shape index (κ2) is 9.39. The number of thiophene rings is 1. The molecule has 4 aromatic rings. The highest BCUT2D eigenvalue weighted by Gasteiger charge is 2.30. The number of H-pyrrole nitrogens is 1. The van der Waals surface area contributed by atoms with Crippen LogP contribution in [-0.4, -0.2) is 41.8 Å². The van der Waals surface area contributed by atoms with Crippen molar-refractivity contribution in [2.75, 3.05) is 10.8 Å². The van der Waals surface area contributed by atoms with E-state index in [1.807, 2.05) is 24.3 Å². The number of hydrogen-bond donors (Lipinski definition) is 1. The van der Waals surface area contributed by atoms with Gasteiger partial charge in [-0.05, 0) is 69.5 Å². The molecule has 0 spiro atoms. The fourth-order valence-corrected chi connectivity index (χ4v) is 7.17. The monoisotopic (exact) mass is 559 g/mol. The Kier molecular flexibility index (Phi) is 6.73. The molecule has 2 aromatic heterocycles. The largest absolute Gasteiger partial charge is 0.389 e. The number of sulfonamides is 1. The van der Waals surface area contributed by atoms with Gasteiger partial charge in [-0.25, -0.2) is 13.5 Å². The molecule has 0 aliphatic heterocycles. The molecule has 0 bridgehead atoms. The summed E-state index contributed by atoms with van der Waals surface area (Å²) >= 11 is 4.76. The molecule has 0 amide bonds. The standard InChI is InChI=1S/C20H17BrF3N5O2S2/c21-17-15-5-1-2-6-16(15)32-19(17)29(12-4-3-11-20(22,23)24)33(30,31)14-9-7-13(8-10-14)18-25-27-28-26-18/h1-2,5-10H,3-4,11-12H2,(H,25,26,27,28). The lowest BCUT2D eigenvalue weighted by atomic mass is 10.2. The Bertz CT molecular complexity index is 1340. The highest BCUT2D eigenvalue weighted by molar-refractivity contribution is 9.10. The molecule has 2 aromatic carbocycles. The Morgan fingerprint density at radius 1 is 1.06 bits per heavy atom. The maximum atomic E-state index is 13.6. The first kappa shape index (κ1) is 23.6. The molecule has 2 heterocycles. The lowest BCUT2D eigenvalue weighted by molar-refractivity contribution is -0.135. The number of fused-ring (bicyclic) bond motifs is 1. The van der Waals surface area contributed by atoms with Crippen molar-refractivity contribution in [3.8, 4) is 11.4 Å². The van der Waals surface area contributed by atoms with Crippen molar-refractivity contribution in [1.82, 2.24) is 20.6 Å². The molecule has 0 saturated carbocycles. The van der Waals surface area contributed by atoms with Gasteiger partial charge in [0.2, 0.25) is 0 Å².